The first-order chi connectivity index (χ1) is 8.33. The number of benzene rings is 1. The molecule has 3 rings (SSSR count). The highest BCUT2D eigenvalue weighted by Gasteiger charge is 2.34. The fraction of sp³-hybridized carbons (Fsp3) is 0.571. The average Bonchev–Trinajstić information content (AvgIpc) is 3.09. The number of hydrogen-bond acceptors (Lipinski definition) is 3. The Morgan fingerprint density at radius 3 is 2.35 bits per heavy atom. The van der Waals surface area contributed by atoms with E-state index in [4.69, 9.17) is 10.5 Å². The molecule has 2 unspecified atom stereocenters. The summed E-state index contributed by atoms with van der Waals surface area (Å²) in [5.41, 5.74) is 7.20. The van der Waals surface area contributed by atoms with Crippen LogP contribution in [0.5, 0.6) is 5.75 Å². The summed E-state index contributed by atoms with van der Waals surface area (Å²) in [6.45, 7) is 2.14. The van der Waals surface area contributed by atoms with Gasteiger partial charge in [-0.15, -0.1) is 0 Å². The van der Waals surface area contributed by atoms with Crippen LogP contribution in [0.3, 0.4) is 0 Å². The molecule has 2 aliphatic rings. The van der Waals surface area contributed by atoms with Crippen molar-refractivity contribution in [3.63, 3.8) is 0 Å². The molecule has 17 heavy (non-hydrogen) atoms. The lowest BCUT2D eigenvalue weighted by molar-refractivity contribution is 0.162. The summed E-state index contributed by atoms with van der Waals surface area (Å²) >= 11 is 0. The smallest absolute Gasteiger partial charge is 0.119 e. The van der Waals surface area contributed by atoms with E-state index in [1.165, 1.54) is 5.56 Å². The Kier molecular flexibility index (Phi) is 3.04. The van der Waals surface area contributed by atoms with Crippen molar-refractivity contribution in [2.45, 2.75) is 37.3 Å². The fourth-order valence-corrected chi connectivity index (χ4v) is 2.50. The zero-order chi connectivity index (χ0) is 11.7. The van der Waals surface area contributed by atoms with Crippen LogP contribution in [0.2, 0.25) is 0 Å². The van der Waals surface area contributed by atoms with E-state index >= 15 is 0 Å². The summed E-state index contributed by atoms with van der Waals surface area (Å²) < 4.78 is 5.97. The summed E-state index contributed by atoms with van der Waals surface area (Å²) in [5, 5.41) is 3.34. The van der Waals surface area contributed by atoms with E-state index in [2.05, 4.69) is 29.6 Å². The molecule has 0 spiro atoms. The molecule has 1 aromatic carbocycles. The number of piperidine rings is 1. The molecular formula is C14H20N2O. The zero-order valence-electron chi connectivity index (χ0n) is 10.1. The van der Waals surface area contributed by atoms with Gasteiger partial charge in [-0.25, -0.2) is 0 Å². The fourth-order valence-electron chi connectivity index (χ4n) is 2.50. The Bertz CT molecular complexity index is 370. The first-order valence-corrected chi connectivity index (χ1v) is 6.56. The number of hydrogen-bond donors (Lipinski definition) is 2. The minimum Gasteiger partial charge on any atom is -0.490 e. The molecule has 1 heterocycles. The van der Waals surface area contributed by atoms with Gasteiger partial charge in [0.1, 0.15) is 11.9 Å². The van der Waals surface area contributed by atoms with Gasteiger partial charge < -0.3 is 15.8 Å². The third-order valence-electron chi connectivity index (χ3n) is 3.74. The molecule has 1 aliphatic heterocycles. The van der Waals surface area contributed by atoms with Gasteiger partial charge in [0.25, 0.3) is 0 Å². The van der Waals surface area contributed by atoms with Crippen LogP contribution in [-0.2, 0) is 0 Å². The lowest BCUT2D eigenvalue weighted by Crippen LogP contribution is -2.34. The van der Waals surface area contributed by atoms with Gasteiger partial charge in [-0.05, 0) is 50.0 Å². The van der Waals surface area contributed by atoms with Crippen LogP contribution < -0.4 is 15.8 Å². The summed E-state index contributed by atoms with van der Waals surface area (Å²) in [4.78, 5) is 0. The predicted molar refractivity (Wildman–Crippen MR) is 68.3 cm³/mol. The number of rotatable bonds is 3. The molecule has 1 aliphatic carbocycles. The lowest BCUT2D eigenvalue weighted by Gasteiger charge is -2.23. The Hall–Kier alpha value is -1.06. The largest absolute Gasteiger partial charge is 0.490 e. The Morgan fingerprint density at radius 1 is 1.12 bits per heavy atom. The third-order valence-corrected chi connectivity index (χ3v) is 3.74. The van der Waals surface area contributed by atoms with Crippen molar-refractivity contribution in [2.24, 2.45) is 5.73 Å². The Morgan fingerprint density at radius 2 is 1.76 bits per heavy atom. The van der Waals surface area contributed by atoms with Crippen LogP contribution in [0.25, 0.3) is 0 Å². The monoisotopic (exact) mass is 232 g/mol. The number of nitrogens with two attached hydrogens (primary N) is 1. The third kappa shape index (κ3) is 2.61. The van der Waals surface area contributed by atoms with Crippen LogP contribution in [-0.4, -0.2) is 25.2 Å². The molecule has 3 heteroatoms. The average molecular weight is 232 g/mol. The molecule has 2 fully saturated rings. The van der Waals surface area contributed by atoms with E-state index in [1.807, 2.05) is 0 Å². The standard InChI is InChI=1S/C14H20N2O/c15-14-9-13(14)10-1-3-11(4-2-10)17-12-5-7-16-8-6-12/h1-4,12-14,16H,5-9,15H2. The highest BCUT2D eigenvalue weighted by molar-refractivity contribution is 5.33. The van der Waals surface area contributed by atoms with Crippen molar-refractivity contribution in [1.82, 2.24) is 5.32 Å². The molecule has 0 amide bonds. The van der Waals surface area contributed by atoms with E-state index in [9.17, 15) is 0 Å². The molecule has 92 valence electrons. The second-order valence-corrected chi connectivity index (χ2v) is 5.14. The van der Waals surface area contributed by atoms with Gasteiger partial charge in [-0.1, -0.05) is 12.1 Å². The van der Waals surface area contributed by atoms with E-state index in [0.29, 0.717) is 18.1 Å². The van der Waals surface area contributed by atoms with Crippen LogP contribution in [0, 0.1) is 0 Å². The molecule has 2 atom stereocenters. The van der Waals surface area contributed by atoms with Gasteiger partial charge in [0, 0.05) is 12.0 Å². The molecular weight excluding hydrogens is 212 g/mol. The van der Waals surface area contributed by atoms with Crippen molar-refractivity contribution < 1.29 is 4.74 Å². The SMILES string of the molecule is NC1CC1c1ccc(OC2CCNCC2)cc1. The summed E-state index contributed by atoms with van der Waals surface area (Å²) in [7, 11) is 0. The van der Waals surface area contributed by atoms with E-state index in [0.717, 1.165) is 38.1 Å². The normalized spacial score (nSPS) is 29.0. The maximum atomic E-state index is 5.97. The molecule has 0 aromatic heterocycles. The van der Waals surface area contributed by atoms with Crippen molar-refractivity contribution >= 4 is 0 Å². The summed E-state index contributed by atoms with van der Waals surface area (Å²) in [6.07, 6.45) is 3.73. The summed E-state index contributed by atoms with van der Waals surface area (Å²) in [5.74, 6) is 1.58. The molecule has 3 nitrogen and oxygen atoms in total. The molecule has 0 radical (unpaired) electrons. The number of ether oxygens (including phenoxy) is 1. The summed E-state index contributed by atoms with van der Waals surface area (Å²) in [6, 6.07) is 8.87. The van der Waals surface area contributed by atoms with Gasteiger partial charge >= 0.3 is 0 Å². The lowest BCUT2D eigenvalue weighted by atomic mass is 10.1. The quantitative estimate of drug-likeness (QED) is 0.832. The first-order valence-electron chi connectivity index (χ1n) is 6.56. The minimum absolute atomic E-state index is 0.380. The molecule has 0 bridgehead atoms. The van der Waals surface area contributed by atoms with E-state index in [-0.39, 0.29) is 0 Å². The van der Waals surface area contributed by atoms with Crippen molar-refractivity contribution in [3.05, 3.63) is 29.8 Å². The van der Waals surface area contributed by atoms with Gasteiger partial charge in [0.2, 0.25) is 0 Å². The van der Waals surface area contributed by atoms with E-state index in [1.54, 1.807) is 0 Å². The maximum Gasteiger partial charge on any atom is 0.119 e. The first kappa shape index (κ1) is 11.1. The predicted octanol–water partition coefficient (Wildman–Crippen LogP) is 1.63. The molecule has 1 aromatic rings. The van der Waals surface area contributed by atoms with E-state index < -0.39 is 0 Å². The highest BCUT2D eigenvalue weighted by Crippen LogP contribution is 2.39. The van der Waals surface area contributed by atoms with Crippen LogP contribution >= 0.6 is 0 Å². The topological polar surface area (TPSA) is 47.3 Å². The minimum atomic E-state index is 0.380. The van der Waals surface area contributed by atoms with Crippen LogP contribution in [0.1, 0.15) is 30.7 Å². The zero-order valence-corrected chi connectivity index (χ0v) is 10.1. The van der Waals surface area contributed by atoms with Gasteiger partial charge in [-0.2, -0.15) is 0 Å². The second kappa shape index (κ2) is 4.67. The molecule has 1 saturated carbocycles. The van der Waals surface area contributed by atoms with Crippen molar-refractivity contribution in [1.29, 1.82) is 0 Å². The highest BCUT2D eigenvalue weighted by atomic mass is 16.5. The van der Waals surface area contributed by atoms with Gasteiger partial charge in [0.15, 0.2) is 0 Å². The van der Waals surface area contributed by atoms with Crippen molar-refractivity contribution in [3.8, 4) is 5.75 Å². The Balaban J connectivity index is 1.59. The Labute approximate surface area is 102 Å². The van der Waals surface area contributed by atoms with Crippen LogP contribution in [0.15, 0.2) is 24.3 Å². The van der Waals surface area contributed by atoms with Crippen molar-refractivity contribution in [2.75, 3.05) is 13.1 Å². The van der Waals surface area contributed by atoms with Gasteiger partial charge in [-0.3, -0.25) is 0 Å². The molecule has 1 saturated heterocycles. The number of nitrogens with one attached hydrogen (secondary N) is 1. The maximum absolute atomic E-state index is 5.97. The van der Waals surface area contributed by atoms with Gasteiger partial charge in [0.05, 0.1) is 0 Å². The molecule has 3 N–H and O–H groups in total. The van der Waals surface area contributed by atoms with Crippen LogP contribution in [0.4, 0.5) is 0 Å². The second-order valence-electron chi connectivity index (χ2n) is 5.14.